The molecule has 0 aromatic heterocycles. The molecule has 0 amide bonds. The van der Waals surface area contributed by atoms with Gasteiger partial charge in [0.15, 0.2) is 0 Å². The van der Waals surface area contributed by atoms with Crippen molar-refractivity contribution in [3.8, 4) is 0 Å². The van der Waals surface area contributed by atoms with Gasteiger partial charge >= 0.3 is 0 Å². The highest BCUT2D eigenvalue weighted by Gasteiger charge is 2.23. The van der Waals surface area contributed by atoms with Crippen LogP contribution in [0.4, 0.5) is 0 Å². The van der Waals surface area contributed by atoms with Gasteiger partial charge in [0.25, 0.3) is 0 Å². The van der Waals surface area contributed by atoms with Gasteiger partial charge in [0.05, 0.1) is 0 Å². The number of piperazine rings is 1. The van der Waals surface area contributed by atoms with Crippen molar-refractivity contribution >= 4 is 0 Å². The molecule has 0 radical (unpaired) electrons. The minimum absolute atomic E-state index is 0.499. The van der Waals surface area contributed by atoms with Crippen LogP contribution in [0.3, 0.4) is 0 Å². The first kappa shape index (κ1) is 20.2. The highest BCUT2D eigenvalue weighted by atomic mass is 15.5. The van der Waals surface area contributed by atoms with Gasteiger partial charge in [0.1, 0.15) is 0 Å². The molecule has 0 aromatic rings. The molecular formula is C18H37N7. The molecular weight excluding hydrogens is 314 g/mol. The van der Waals surface area contributed by atoms with Gasteiger partial charge in [-0.25, -0.2) is 5.01 Å². The van der Waals surface area contributed by atoms with Crippen molar-refractivity contribution in [2.75, 3.05) is 65.4 Å². The van der Waals surface area contributed by atoms with E-state index in [1.165, 1.54) is 51.8 Å². The number of hydrogen-bond donors (Lipinski definition) is 4. The first-order valence-electron chi connectivity index (χ1n) is 9.69. The zero-order chi connectivity index (χ0) is 17.9. The third-order valence-corrected chi connectivity index (χ3v) is 5.20. The Kier molecular flexibility index (Phi) is 9.28. The molecule has 2 saturated heterocycles. The number of allylic oxidation sites excluding steroid dienone is 2. The maximum atomic E-state index is 5.77. The van der Waals surface area contributed by atoms with Crippen LogP contribution in [0, 0.1) is 5.92 Å². The molecule has 25 heavy (non-hydrogen) atoms. The Labute approximate surface area is 152 Å². The van der Waals surface area contributed by atoms with E-state index in [9.17, 15) is 0 Å². The van der Waals surface area contributed by atoms with Crippen molar-refractivity contribution in [1.82, 2.24) is 20.2 Å². The summed E-state index contributed by atoms with van der Waals surface area (Å²) in [6, 6.07) is 0. The maximum absolute atomic E-state index is 5.77. The molecule has 2 rings (SSSR count). The summed E-state index contributed by atoms with van der Waals surface area (Å²) in [5.41, 5.74) is 21.2. The molecule has 0 unspecified atom stereocenters. The fraction of sp³-hybridized carbons (Fsp3) is 0.778. The van der Waals surface area contributed by atoms with E-state index in [0.29, 0.717) is 6.54 Å². The average molecular weight is 352 g/mol. The van der Waals surface area contributed by atoms with E-state index in [1.807, 2.05) is 12.2 Å². The molecule has 7 heteroatoms. The number of hydrazine groups is 1. The molecule has 2 fully saturated rings. The molecule has 2 heterocycles. The van der Waals surface area contributed by atoms with Crippen LogP contribution in [0.5, 0.6) is 0 Å². The number of nitrogens with one attached hydrogen (secondary N) is 1. The lowest BCUT2D eigenvalue weighted by molar-refractivity contribution is 0.0840. The van der Waals surface area contributed by atoms with Gasteiger partial charge in [-0.3, -0.25) is 0 Å². The van der Waals surface area contributed by atoms with Gasteiger partial charge in [-0.1, -0.05) is 0 Å². The number of hydrogen-bond acceptors (Lipinski definition) is 7. The molecule has 0 spiro atoms. The monoisotopic (exact) mass is 351 g/mol. The third-order valence-electron chi connectivity index (χ3n) is 5.20. The van der Waals surface area contributed by atoms with E-state index in [1.54, 1.807) is 0 Å². The number of nitrogens with two attached hydrogens (primary N) is 3. The van der Waals surface area contributed by atoms with Gasteiger partial charge in [-0.05, 0) is 56.6 Å². The van der Waals surface area contributed by atoms with Gasteiger partial charge < -0.3 is 32.4 Å². The van der Waals surface area contributed by atoms with Crippen molar-refractivity contribution in [1.29, 1.82) is 0 Å². The SMILES string of the molecule is N/C=C\C=C(\CN)NN1CCC(CN2CCN(CCCN)CC2)CC1. The zero-order valence-electron chi connectivity index (χ0n) is 15.6. The van der Waals surface area contributed by atoms with Crippen LogP contribution in [0.2, 0.25) is 0 Å². The lowest BCUT2D eigenvalue weighted by atomic mass is 9.97. The van der Waals surface area contributed by atoms with E-state index in [2.05, 4.69) is 20.2 Å². The first-order chi connectivity index (χ1) is 12.2. The normalized spacial score (nSPS) is 22.7. The summed E-state index contributed by atoms with van der Waals surface area (Å²) in [7, 11) is 0. The summed E-state index contributed by atoms with van der Waals surface area (Å²) in [5, 5.41) is 2.28. The third kappa shape index (κ3) is 7.33. The lowest BCUT2D eigenvalue weighted by Gasteiger charge is -2.39. The fourth-order valence-electron chi connectivity index (χ4n) is 3.63. The van der Waals surface area contributed by atoms with Crippen molar-refractivity contribution < 1.29 is 0 Å². The summed E-state index contributed by atoms with van der Waals surface area (Å²) in [5.74, 6) is 0.808. The summed E-state index contributed by atoms with van der Waals surface area (Å²) >= 11 is 0. The van der Waals surface area contributed by atoms with Crippen LogP contribution in [-0.4, -0.2) is 80.3 Å². The van der Waals surface area contributed by atoms with Crippen LogP contribution < -0.4 is 22.6 Å². The van der Waals surface area contributed by atoms with Gasteiger partial charge in [0.2, 0.25) is 0 Å². The van der Waals surface area contributed by atoms with E-state index in [0.717, 1.165) is 44.2 Å². The molecule has 0 aromatic carbocycles. The number of piperidine rings is 1. The predicted octanol–water partition coefficient (Wildman–Crippen LogP) is -0.516. The molecule has 0 saturated carbocycles. The molecule has 7 N–H and O–H groups in total. The topological polar surface area (TPSA) is 99.8 Å². The Morgan fingerprint density at radius 1 is 1.00 bits per heavy atom. The molecule has 0 bridgehead atoms. The predicted molar refractivity (Wildman–Crippen MR) is 104 cm³/mol. The Bertz CT molecular complexity index is 408. The van der Waals surface area contributed by atoms with Crippen LogP contribution >= 0.6 is 0 Å². The average Bonchev–Trinajstić information content (AvgIpc) is 2.66. The quantitative estimate of drug-likeness (QED) is 0.415. The molecule has 2 aliphatic rings. The summed E-state index contributed by atoms with van der Waals surface area (Å²) in [4.78, 5) is 5.19. The zero-order valence-corrected chi connectivity index (χ0v) is 15.6. The smallest absolute Gasteiger partial charge is 0.0400 e. The van der Waals surface area contributed by atoms with E-state index in [4.69, 9.17) is 17.2 Å². The molecule has 0 atom stereocenters. The lowest BCUT2D eigenvalue weighted by Crippen LogP contribution is -2.50. The standard InChI is InChI=1S/C18H37N7/c19-6-1-3-18(15-21)22-25-9-4-17(5-10-25)16-24-13-11-23(12-14-24)8-2-7-20/h1,3,6,17,22H,2,4-5,7-16,19-21H2/b6-1-,18-3-. The summed E-state index contributed by atoms with van der Waals surface area (Å²) in [6.45, 7) is 10.6. The summed E-state index contributed by atoms with van der Waals surface area (Å²) in [6.07, 6.45) is 8.88. The fourth-order valence-corrected chi connectivity index (χ4v) is 3.63. The first-order valence-corrected chi connectivity index (χ1v) is 9.69. The van der Waals surface area contributed by atoms with Crippen LogP contribution in [0.25, 0.3) is 0 Å². The highest BCUT2D eigenvalue weighted by molar-refractivity contribution is 5.10. The van der Waals surface area contributed by atoms with Crippen molar-refractivity contribution in [2.24, 2.45) is 23.1 Å². The molecule has 0 aliphatic carbocycles. The second-order valence-corrected chi connectivity index (χ2v) is 7.11. The largest absolute Gasteiger partial charge is 0.405 e. The van der Waals surface area contributed by atoms with Crippen molar-refractivity contribution in [2.45, 2.75) is 19.3 Å². The Morgan fingerprint density at radius 2 is 1.68 bits per heavy atom. The highest BCUT2D eigenvalue weighted by Crippen LogP contribution is 2.18. The van der Waals surface area contributed by atoms with Crippen LogP contribution in [0.1, 0.15) is 19.3 Å². The van der Waals surface area contributed by atoms with Gasteiger partial charge in [-0.15, -0.1) is 0 Å². The number of rotatable bonds is 9. The van der Waals surface area contributed by atoms with Gasteiger partial charge in [0, 0.05) is 58.1 Å². The van der Waals surface area contributed by atoms with E-state index >= 15 is 0 Å². The number of nitrogens with zero attached hydrogens (tertiary/aromatic N) is 3. The Morgan fingerprint density at radius 3 is 2.28 bits per heavy atom. The van der Waals surface area contributed by atoms with Crippen LogP contribution in [-0.2, 0) is 0 Å². The minimum Gasteiger partial charge on any atom is -0.405 e. The van der Waals surface area contributed by atoms with E-state index in [-0.39, 0.29) is 0 Å². The van der Waals surface area contributed by atoms with Crippen LogP contribution in [0.15, 0.2) is 24.0 Å². The maximum Gasteiger partial charge on any atom is 0.0400 e. The second-order valence-electron chi connectivity index (χ2n) is 7.11. The Balaban J connectivity index is 1.64. The van der Waals surface area contributed by atoms with E-state index < -0.39 is 0 Å². The van der Waals surface area contributed by atoms with Crippen molar-refractivity contribution in [3.63, 3.8) is 0 Å². The van der Waals surface area contributed by atoms with Crippen molar-refractivity contribution in [3.05, 3.63) is 24.0 Å². The molecule has 7 nitrogen and oxygen atoms in total. The Hall–Kier alpha value is -1.12. The van der Waals surface area contributed by atoms with Gasteiger partial charge in [-0.2, -0.15) is 0 Å². The molecule has 2 aliphatic heterocycles. The molecule has 144 valence electrons. The second kappa shape index (κ2) is 11.5. The minimum atomic E-state index is 0.499. The summed E-state index contributed by atoms with van der Waals surface area (Å²) < 4.78 is 0.